The van der Waals surface area contributed by atoms with Crippen LogP contribution in [-0.4, -0.2) is 51.4 Å². The maximum atomic E-state index is 12.4. The van der Waals surface area contributed by atoms with Gasteiger partial charge in [-0.05, 0) is 49.6 Å². The average Bonchev–Trinajstić information content (AvgIpc) is 3.02. The van der Waals surface area contributed by atoms with Crippen molar-refractivity contribution in [3.63, 3.8) is 0 Å². The second-order valence-corrected chi connectivity index (χ2v) is 9.05. The van der Waals surface area contributed by atoms with E-state index in [1.165, 1.54) is 0 Å². The van der Waals surface area contributed by atoms with E-state index >= 15 is 0 Å². The largest absolute Gasteiger partial charge is 0.490 e. The summed E-state index contributed by atoms with van der Waals surface area (Å²) in [6.07, 6.45) is 1.19. The topological polar surface area (TPSA) is 85.3 Å². The Labute approximate surface area is 176 Å². The Morgan fingerprint density at radius 1 is 1.10 bits per heavy atom. The minimum absolute atomic E-state index is 0.200. The zero-order valence-corrected chi connectivity index (χ0v) is 17.6. The highest BCUT2D eigenvalue weighted by Gasteiger charge is 2.34. The van der Waals surface area contributed by atoms with Crippen molar-refractivity contribution in [3.8, 4) is 5.75 Å². The van der Waals surface area contributed by atoms with Crippen LogP contribution < -0.4 is 4.74 Å². The van der Waals surface area contributed by atoms with Crippen LogP contribution >= 0.6 is 0 Å². The lowest BCUT2D eigenvalue weighted by Crippen LogP contribution is -2.40. The summed E-state index contributed by atoms with van der Waals surface area (Å²) in [6, 6.07) is 14.6. The molecule has 30 heavy (non-hydrogen) atoms. The van der Waals surface area contributed by atoms with Crippen LogP contribution in [0.4, 0.5) is 0 Å². The molecule has 2 aromatic rings. The van der Waals surface area contributed by atoms with Crippen LogP contribution in [0.1, 0.15) is 24.0 Å². The molecule has 1 saturated heterocycles. The fourth-order valence-electron chi connectivity index (χ4n) is 3.77. The second kappa shape index (κ2) is 8.47. The van der Waals surface area contributed by atoms with Crippen molar-refractivity contribution in [1.82, 2.24) is 4.90 Å². The molecule has 0 aromatic heterocycles. The van der Waals surface area contributed by atoms with Gasteiger partial charge in [-0.25, -0.2) is 0 Å². The van der Waals surface area contributed by atoms with E-state index in [0.717, 1.165) is 11.3 Å². The number of benzene rings is 2. The van der Waals surface area contributed by atoms with Crippen LogP contribution in [0.25, 0.3) is 0 Å². The summed E-state index contributed by atoms with van der Waals surface area (Å²) in [5, 5.41) is 0. The molecular weight excluding hydrogens is 404 g/mol. The summed E-state index contributed by atoms with van der Waals surface area (Å²) in [4.78, 5) is 14.6. The van der Waals surface area contributed by atoms with Crippen LogP contribution in [0.15, 0.2) is 57.8 Å². The Hall–Kier alpha value is -2.87. The summed E-state index contributed by atoms with van der Waals surface area (Å²) in [5.74, 6) is 0.800. The standard InChI is InChI=1S/C22H24N2O5S/c1-16-5-4-6-18(15-16)28-13-14-29-22(25)17-9-11-24(12-10-17)21-19-7-2-3-8-20(19)30(26,27)23-21/h2-8,15,17H,9-14H2,1H3. The monoisotopic (exact) mass is 428 g/mol. The molecule has 1 fully saturated rings. The minimum Gasteiger partial charge on any atom is -0.490 e. The quantitative estimate of drug-likeness (QED) is 0.538. The Balaban J connectivity index is 1.26. The number of fused-ring (bicyclic) bond motifs is 1. The number of ether oxygens (including phenoxy) is 2. The summed E-state index contributed by atoms with van der Waals surface area (Å²) in [6.45, 7) is 3.61. The van der Waals surface area contributed by atoms with Crippen molar-refractivity contribution >= 4 is 21.8 Å². The Bertz CT molecular complexity index is 1070. The highest BCUT2D eigenvalue weighted by Crippen LogP contribution is 2.29. The molecule has 158 valence electrons. The molecule has 2 aromatic carbocycles. The van der Waals surface area contributed by atoms with Gasteiger partial charge in [0.25, 0.3) is 10.0 Å². The number of carbonyl (C=O) groups is 1. The molecule has 0 bridgehead atoms. The molecule has 0 atom stereocenters. The van der Waals surface area contributed by atoms with Crippen LogP contribution in [-0.2, 0) is 19.6 Å². The fraction of sp³-hybridized carbons (Fsp3) is 0.364. The number of hydrogen-bond acceptors (Lipinski definition) is 6. The number of nitrogens with zero attached hydrogens (tertiary/aromatic N) is 2. The van der Waals surface area contributed by atoms with Crippen molar-refractivity contribution in [3.05, 3.63) is 59.7 Å². The summed E-state index contributed by atoms with van der Waals surface area (Å²) >= 11 is 0. The van der Waals surface area contributed by atoms with Crippen molar-refractivity contribution in [2.24, 2.45) is 10.3 Å². The van der Waals surface area contributed by atoms with E-state index in [-0.39, 0.29) is 23.4 Å². The molecule has 2 heterocycles. The van der Waals surface area contributed by atoms with Gasteiger partial charge >= 0.3 is 5.97 Å². The van der Waals surface area contributed by atoms with Crippen LogP contribution in [0.2, 0.25) is 0 Å². The number of amidine groups is 1. The third kappa shape index (κ3) is 4.33. The van der Waals surface area contributed by atoms with Gasteiger partial charge in [-0.2, -0.15) is 8.42 Å². The molecule has 0 unspecified atom stereocenters. The smallest absolute Gasteiger partial charge is 0.309 e. The molecule has 0 spiro atoms. The van der Waals surface area contributed by atoms with E-state index in [9.17, 15) is 13.2 Å². The molecule has 2 aliphatic rings. The first-order chi connectivity index (χ1) is 14.4. The van der Waals surface area contributed by atoms with Gasteiger partial charge in [-0.15, -0.1) is 4.40 Å². The van der Waals surface area contributed by atoms with E-state index in [0.29, 0.717) is 43.9 Å². The Morgan fingerprint density at radius 3 is 2.63 bits per heavy atom. The molecule has 4 rings (SSSR count). The summed E-state index contributed by atoms with van der Waals surface area (Å²) in [5.41, 5.74) is 1.74. The van der Waals surface area contributed by atoms with Crippen LogP contribution in [0, 0.1) is 12.8 Å². The van der Waals surface area contributed by atoms with E-state index in [2.05, 4.69) is 4.40 Å². The molecule has 0 saturated carbocycles. The van der Waals surface area contributed by atoms with Crippen molar-refractivity contribution in [2.75, 3.05) is 26.3 Å². The number of sulfonamides is 1. The minimum atomic E-state index is -3.63. The van der Waals surface area contributed by atoms with Gasteiger partial charge < -0.3 is 14.4 Å². The van der Waals surface area contributed by atoms with Crippen LogP contribution in [0.5, 0.6) is 5.75 Å². The summed E-state index contributed by atoms with van der Waals surface area (Å²) < 4.78 is 39.4. The molecule has 2 aliphatic heterocycles. The lowest BCUT2D eigenvalue weighted by atomic mass is 9.96. The van der Waals surface area contributed by atoms with Crippen molar-refractivity contribution < 1.29 is 22.7 Å². The number of hydrogen-bond donors (Lipinski definition) is 0. The first-order valence-electron chi connectivity index (χ1n) is 9.99. The first-order valence-corrected chi connectivity index (χ1v) is 11.4. The van der Waals surface area contributed by atoms with Gasteiger partial charge in [-0.1, -0.05) is 24.3 Å². The average molecular weight is 429 g/mol. The molecular formula is C22H24N2O5S. The molecule has 0 radical (unpaired) electrons. The highest BCUT2D eigenvalue weighted by molar-refractivity contribution is 7.90. The number of carbonyl (C=O) groups excluding carboxylic acids is 1. The molecule has 0 amide bonds. The third-order valence-electron chi connectivity index (χ3n) is 5.33. The SMILES string of the molecule is Cc1cccc(OCCOC(=O)C2CCN(C3=NS(=O)(=O)c4ccccc43)CC2)c1. The lowest BCUT2D eigenvalue weighted by Gasteiger charge is -2.32. The lowest BCUT2D eigenvalue weighted by molar-refractivity contribution is -0.150. The maximum absolute atomic E-state index is 12.4. The van der Waals surface area contributed by atoms with Gasteiger partial charge in [0, 0.05) is 18.7 Å². The predicted molar refractivity (Wildman–Crippen MR) is 112 cm³/mol. The maximum Gasteiger partial charge on any atom is 0.309 e. The van der Waals surface area contributed by atoms with Crippen molar-refractivity contribution in [1.29, 1.82) is 0 Å². The number of likely N-dealkylation sites (tertiary alicyclic amines) is 1. The molecule has 7 nitrogen and oxygen atoms in total. The van der Waals surface area contributed by atoms with Gasteiger partial charge in [0.15, 0.2) is 5.84 Å². The first kappa shape index (κ1) is 20.4. The van der Waals surface area contributed by atoms with E-state index in [4.69, 9.17) is 9.47 Å². The fourth-order valence-corrected chi connectivity index (χ4v) is 5.00. The Kier molecular flexibility index (Phi) is 5.76. The number of rotatable bonds is 5. The number of esters is 1. The predicted octanol–water partition coefficient (Wildman–Crippen LogP) is 2.78. The summed E-state index contributed by atoms with van der Waals surface area (Å²) in [7, 11) is -3.63. The molecule has 0 aliphatic carbocycles. The van der Waals surface area contributed by atoms with E-state index in [1.54, 1.807) is 24.3 Å². The highest BCUT2D eigenvalue weighted by atomic mass is 32.2. The zero-order chi connectivity index (χ0) is 21.1. The van der Waals surface area contributed by atoms with E-state index < -0.39 is 10.0 Å². The normalized spacial score (nSPS) is 17.9. The zero-order valence-electron chi connectivity index (χ0n) is 16.8. The van der Waals surface area contributed by atoms with Crippen LogP contribution in [0.3, 0.4) is 0 Å². The molecule has 8 heteroatoms. The van der Waals surface area contributed by atoms with Gasteiger partial charge in [0.2, 0.25) is 0 Å². The van der Waals surface area contributed by atoms with Gasteiger partial charge in [0.05, 0.1) is 5.92 Å². The van der Waals surface area contributed by atoms with Crippen molar-refractivity contribution in [2.45, 2.75) is 24.7 Å². The third-order valence-corrected chi connectivity index (χ3v) is 6.65. The number of aryl methyl sites for hydroxylation is 1. The second-order valence-electron chi connectivity index (χ2n) is 7.48. The van der Waals surface area contributed by atoms with E-state index in [1.807, 2.05) is 36.1 Å². The molecule has 0 N–H and O–H groups in total. The van der Waals surface area contributed by atoms with Gasteiger partial charge in [0.1, 0.15) is 23.9 Å². The number of piperidine rings is 1. The van der Waals surface area contributed by atoms with Gasteiger partial charge in [-0.3, -0.25) is 4.79 Å². The Morgan fingerprint density at radius 2 is 1.87 bits per heavy atom.